The molecule has 0 aromatic heterocycles. The molecule has 3 atom stereocenters. The lowest BCUT2D eigenvalue weighted by atomic mass is 9.59. The van der Waals surface area contributed by atoms with Crippen LogP contribution in [0.1, 0.15) is 36.0 Å². The fourth-order valence-electron chi connectivity index (χ4n) is 5.84. The minimum Gasteiger partial charge on any atom is -0.508 e. The predicted octanol–water partition coefficient (Wildman–Crippen LogP) is 1.19. The number of phenolic OH excluding ortho intramolecular Hbond substituents is 1. The monoisotopic (exact) mass is 466 g/mol. The molecular formula is C25H26N2O7. The summed E-state index contributed by atoms with van der Waals surface area (Å²) in [6, 6.07) is 3.63. The average Bonchev–Trinajstić information content (AvgIpc) is 2.78. The van der Waals surface area contributed by atoms with Crippen molar-refractivity contribution in [1.82, 2.24) is 4.90 Å². The van der Waals surface area contributed by atoms with Crippen molar-refractivity contribution in [2.45, 2.75) is 37.8 Å². The molecule has 178 valence electrons. The zero-order valence-electron chi connectivity index (χ0n) is 18.5. The summed E-state index contributed by atoms with van der Waals surface area (Å²) in [6.07, 6.45) is 5.18. The summed E-state index contributed by atoms with van der Waals surface area (Å²) in [5.74, 6) is -6.06. The highest BCUT2D eigenvalue weighted by atomic mass is 16.3. The molecule has 9 nitrogen and oxygen atoms in total. The van der Waals surface area contributed by atoms with E-state index in [1.54, 1.807) is 0 Å². The molecule has 9 heteroatoms. The lowest BCUT2D eigenvalue weighted by Crippen LogP contribution is -2.58. The van der Waals surface area contributed by atoms with Crippen LogP contribution in [0.2, 0.25) is 0 Å². The first-order chi connectivity index (χ1) is 16.1. The first-order valence-corrected chi connectivity index (χ1v) is 11.3. The van der Waals surface area contributed by atoms with Crippen LogP contribution in [0.25, 0.3) is 5.76 Å². The second-order valence-corrected chi connectivity index (χ2v) is 9.51. The van der Waals surface area contributed by atoms with Gasteiger partial charge < -0.3 is 26.2 Å². The first kappa shape index (κ1) is 22.4. The van der Waals surface area contributed by atoms with Gasteiger partial charge >= 0.3 is 0 Å². The van der Waals surface area contributed by atoms with Crippen molar-refractivity contribution in [3.63, 3.8) is 0 Å². The number of benzene rings is 1. The van der Waals surface area contributed by atoms with Crippen LogP contribution in [0.5, 0.6) is 5.75 Å². The second-order valence-electron chi connectivity index (χ2n) is 9.51. The summed E-state index contributed by atoms with van der Waals surface area (Å²) in [4.78, 5) is 39.7. The van der Waals surface area contributed by atoms with Gasteiger partial charge in [-0.3, -0.25) is 19.3 Å². The number of nitrogens with zero attached hydrogens (tertiary/aromatic N) is 1. The van der Waals surface area contributed by atoms with E-state index >= 15 is 0 Å². The summed E-state index contributed by atoms with van der Waals surface area (Å²) in [6.45, 7) is 2.04. The molecule has 1 aliphatic heterocycles. The zero-order chi connectivity index (χ0) is 24.4. The van der Waals surface area contributed by atoms with Crippen molar-refractivity contribution < 1.29 is 34.8 Å². The number of aliphatic hydroxyl groups is 3. The fourth-order valence-corrected chi connectivity index (χ4v) is 5.84. The Bertz CT molecular complexity index is 1230. The Balaban J connectivity index is 1.59. The lowest BCUT2D eigenvalue weighted by molar-refractivity contribution is -0.147. The van der Waals surface area contributed by atoms with E-state index in [9.17, 15) is 34.8 Å². The molecule has 0 saturated heterocycles. The highest BCUT2D eigenvalue weighted by Gasteiger charge is 2.60. The maximum absolute atomic E-state index is 13.5. The van der Waals surface area contributed by atoms with Crippen LogP contribution in [0.15, 0.2) is 41.2 Å². The molecule has 1 aromatic carbocycles. The summed E-state index contributed by atoms with van der Waals surface area (Å²) in [5.41, 5.74) is 3.15. The Hall–Kier alpha value is -3.43. The minimum absolute atomic E-state index is 0.121. The second kappa shape index (κ2) is 7.82. The highest BCUT2D eigenvalue weighted by molar-refractivity contribution is 6.22. The molecule has 1 heterocycles. The van der Waals surface area contributed by atoms with Gasteiger partial charge in [0.1, 0.15) is 22.8 Å². The fraction of sp³-hybridized carbons (Fsp3) is 0.400. The van der Waals surface area contributed by atoms with Gasteiger partial charge in [0.25, 0.3) is 5.91 Å². The van der Waals surface area contributed by atoms with Crippen LogP contribution in [0.3, 0.4) is 0 Å². The minimum atomic E-state index is -2.54. The van der Waals surface area contributed by atoms with E-state index < -0.39 is 52.0 Å². The number of ketones is 2. The summed E-state index contributed by atoms with van der Waals surface area (Å²) in [7, 11) is 0. The van der Waals surface area contributed by atoms with Gasteiger partial charge in [-0.2, -0.15) is 0 Å². The van der Waals surface area contributed by atoms with E-state index in [4.69, 9.17) is 5.73 Å². The third kappa shape index (κ3) is 3.11. The third-order valence-electron chi connectivity index (χ3n) is 7.56. The normalized spacial score (nSPS) is 29.1. The quantitative estimate of drug-likeness (QED) is 0.328. The van der Waals surface area contributed by atoms with E-state index in [0.29, 0.717) is 24.1 Å². The Kier molecular flexibility index (Phi) is 5.14. The predicted molar refractivity (Wildman–Crippen MR) is 120 cm³/mol. The average molecular weight is 466 g/mol. The number of rotatable bonds is 3. The Labute approximate surface area is 195 Å². The van der Waals surface area contributed by atoms with E-state index in [2.05, 4.69) is 17.1 Å². The number of phenols is 1. The number of carbonyl (C=O) groups is 3. The standard InChI is InChI=1S/C25H26N2O7/c26-24(33)19-16(28)10-15-9-14-8-12-4-5-13(11-27-6-2-1-3-7-27)20(29)17(12)21(30)18(14)22(31)25(15,34)23(19)32/h1-2,4-5,14-15,29-30,32,34H,3,6-11H2,(H2,26,33)/t14-,15-,25-/m0/s1. The van der Waals surface area contributed by atoms with Crippen molar-refractivity contribution in [3.05, 3.63) is 57.9 Å². The van der Waals surface area contributed by atoms with E-state index in [0.717, 1.165) is 19.5 Å². The molecule has 5 rings (SSSR count). The molecule has 34 heavy (non-hydrogen) atoms. The van der Waals surface area contributed by atoms with E-state index in [-0.39, 0.29) is 29.7 Å². The van der Waals surface area contributed by atoms with Crippen LogP contribution in [0, 0.1) is 11.8 Å². The zero-order valence-corrected chi connectivity index (χ0v) is 18.5. The number of fused-ring (bicyclic) bond motifs is 3. The van der Waals surface area contributed by atoms with Crippen molar-refractivity contribution in [2.24, 2.45) is 17.6 Å². The third-order valence-corrected chi connectivity index (χ3v) is 7.56. The number of hydrogen-bond donors (Lipinski definition) is 5. The van der Waals surface area contributed by atoms with E-state index in [1.807, 2.05) is 12.1 Å². The van der Waals surface area contributed by atoms with Crippen LogP contribution in [-0.2, 0) is 27.3 Å². The van der Waals surface area contributed by atoms with Crippen molar-refractivity contribution in [2.75, 3.05) is 13.1 Å². The number of carbonyl (C=O) groups excluding carboxylic acids is 3. The summed E-state index contributed by atoms with van der Waals surface area (Å²) < 4.78 is 0. The van der Waals surface area contributed by atoms with Gasteiger partial charge in [-0.25, -0.2) is 0 Å². The van der Waals surface area contributed by atoms with E-state index in [1.165, 1.54) is 0 Å². The smallest absolute Gasteiger partial charge is 0.255 e. The number of primary amides is 1. The Morgan fingerprint density at radius 2 is 1.91 bits per heavy atom. The lowest BCUT2D eigenvalue weighted by Gasteiger charge is -2.46. The Morgan fingerprint density at radius 1 is 1.15 bits per heavy atom. The molecule has 0 bridgehead atoms. The molecule has 3 aliphatic carbocycles. The van der Waals surface area contributed by atoms with Crippen LogP contribution in [0.4, 0.5) is 0 Å². The summed E-state index contributed by atoms with van der Waals surface area (Å²) in [5, 5.41) is 44.1. The molecule has 1 fully saturated rings. The van der Waals surface area contributed by atoms with Crippen LogP contribution >= 0.6 is 0 Å². The van der Waals surface area contributed by atoms with Crippen molar-refractivity contribution >= 4 is 23.2 Å². The number of amides is 1. The summed E-state index contributed by atoms with van der Waals surface area (Å²) >= 11 is 0. The molecule has 0 spiro atoms. The van der Waals surface area contributed by atoms with Gasteiger partial charge in [-0.1, -0.05) is 24.3 Å². The number of hydrogen-bond acceptors (Lipinski definition) is 8. The highest BCUT2D eigenvalue weighted by Crippen LogP contribution is 2.52. The van der Waals surface area contributed by atoms with Gasteiger partial charge in [-0.05, 0) is 30.7 Å². The van der Waals surface area contributed by atoms with Crippen molar-refractivity contribution in [3.8, 4) is 5.75 Å². The Morgan fingerprint density at radius 3 is 2.59 bits per heavy atom. The van der Waals surface area contributed by atoms with Crippen LogP contribution in [-0.4, -0.2) is 61.5 Å². The maximum atomic E-state index is 13.5. The SMILES string of the molecule is NC(=O)C1=C(O)[C@@]2(O)C(=O)C3=C(O)c4c(ccc(CN5CC=CCC5)c4O)C[C@H]3C[C@H]2CC1=O. The molecule has 0 unspecified atom stereocenters. The molecule has 0 radical (unpaired) electrons. The number of aliphatic hydroxyl groups excluding tert-OH is 2. The van der Waals surface area contributed by atoms with Crippen LogP contribution < -0.4 is 5.73 Å². The van der Waals surface area contributed by atoms with Gasteiger partial charge in [0.15, 0.2) is 11.4 Å². The number of nitrogens with two attached hydrogens (primary N) is 1. The number of Topliss-reactive ketones (excluding diaryl/α,β-unsaturated/α-hetero) is 2. The topological polar surface area (TPSA) is 161 Å². The molecule has 1 saturated carbocycles. The molecular weight excluding hydrogens is 440 g/mol. The number of aromatic hydroxyl groups is 1. The largest absolute Gasteiger partial charge is 0.508 e. The molecule has 1 aromatic rings. The molecule has 1 amide bonds. The van der Waals surface area contributed by atoms with Crippen molar-refractivity contribution in [1.29, 1.82) is 0 Å². The molecule has 6 N–H and O–H groups in total. The van der Waals surface area contributed by atoms with Gasteiger partial charge in [0.2, 0.25) is 5.78 Å². The maximum Gasteiger partial charge on any atom is 0.255 e. The van der Waals surface area contributed by atoms with Gasteiger partial charge in [0.05, 0.1) is 5.56 Å². The molecule has 4 aliphatic rings. The van der Waals surface area contributed by atoms with Gasteiger partial charge in [-0.15, -0.1) is 0 Å². The first-order valence-electron chi connectivity index (χ1n) is 11.3. The van der Waals surface area contributed by atoms with Gasteiger partial charge in [0, 0.05) is 43.1 Å².